The summed E-state index contributed by atoms with van der Waals surface area (Å²) in [6, 6.07) is 23.8. The van der Waals surface area contributed by atoms with Crippen LogP contribution in [-0.4, -0.2) is 36.2 Å². The van der Waals surface area contributed by atoms with E-state index in [1.165, 1.54) is 0 Å². The molecule has 0 amide bonds. The topological polar surface area (TPSA) is 75.2 Å². The minimum atomic E-state index is 0.443. The number of fused-ring (bicyclic) bond motifs is 1. The van der Waals surface area contributed by atoms with Gasteiger partial charge in [-0.3, -0.25) is 4.98 Å². The van der Waals surface area contributed by atoms with Crippen LogP contribution in [0.5, 0.6) is 5.75 Å². The lowest BCUT2D eigenvalue weighted by molar-refractivity contribution is 0.309. The van der Waals surface area contributed by atoms with Gasteiger partial charge in [-0.2, -0.15) is 0 Å². The lowest BCUT2D eigenvalue weighted by Gasteiger charge is -2.16. The van der Waals surface area contributed by atoms with Crippen LogP contribution in [0.3, 0.4) is 0 Å². The van der Waals surface area contributed by atoms with Crippen LogP contribution < -0.4 is 10.5 Å². The van der Waals surface area contributed by atoms with Crippen LogP contribution in [0.1, 0.15) is 11.1 Å². The van der Waals surface area contributed by atoms with Gasteiger partial charge in [-0.25, -0.2) is 0 Å². The second kappa shape index (κ2) is 8.98. The summed E-state index contributed by atoms with van der Waals surface area (Å²) in [6.07, 6.45) is 1.82. The predicted molar refractivity (Wildman–Crippen MR) is 128 cm³/mol. The van der Waals surface area contributed by atoms with Gasteiger partial charge in [0.15, 0.2) is 0 Å². The number of rotatable bonds is 7. The van der Waals surface area contributed by atoms with Crippen LogP contribution in [0.4, 0.5) is 5.69 Å². The largest absolute Gasteiger partial charge is 0.488 e. The van der Waals surface area contributed by atoms with E-state index in [0.29, 0.717) is 24.6 Å². The average Bonchev–Trinajstić information content (AvgIpc) is 2.78. The first-order valence-electron chi connectivity index (χ1n) is 10.2. The van der Waals surface area contributed by atoms with Crippen molar-refractivity contribution in [2.45, 2.75) is 6.61 Å². The van der Waals surface area contributed by atoms with Crippen LogP contribution >= 0.6 is 0 Å². The number of nitrogens with zero attached hydrogens (tertiary/aromatic N) is 2. The molecule has 3 aromatic carbocycles. The van der Waals surface area contributed by atoms with E-state index in [4.69, 9.17) is 15.9 Å². The first-order chi connectivity index (χ1) is 15.0. The number of para-hydroxylation sites is 2. The van der Waals surface area contributed by atoms with E-state index in [1.54, 1.807) is 0 Å². The summed E-state index contributed by atoms with van der Waals surface area (Å²) in [6.45, 7) is 0.971. The lowest BCUT2D eigenvalue weighted by Crippen LogP contribution is -2.22. The quantitative estimate of drug-likeness (QED) is 0.332. The van der Waals surface area contributed by atoms with E-state index in [9.17, 15) is 0 Å². The van der Waals surface area contributed by atoms with Crippen LogP contribution in [0.2, 0.25) is 0 Å². The summed E-state index contributed by atoms with van der Waals surface area (Å²) in [4.78, 5) is 6.39. The predicted octanol–water partition coefficient (Wildman–Crippen LogP) is 4.99. The average molecular weight is 411 g/mol. The normalized spacial score (nSPS) is 11.1. The van der Waals surface area contributed by atoms with Gasteiger partial charge in [0, 0.05) is 40.5 Å². The maximum atomic E-state index is 8.43. The summed E-state index contributed by atoms with van der Waals surface area (Å²) in [5.74, 6) is 0.790. The van der Waals surface area contributed by atoms with Gasteiger partial charge in [-0.1, -0.05) is 42.5 Å². The van der Waals surface area contributed by atoms with Crippen molar-refractivity contribution >= 4 is 22.3 Å². The highest BCUT2D eigenvalue weighted by Crippen LogP contribution is 2.33. The van der Waals surface area contributed by atoms with Gasteiger partial charge in [-0.05, 0) is 50.0 Å². The molecular formula is C26H26N4O. The molecule has 0 bridgehead atoms. The Labute approximate surface area is 182 Å². The number of ether oxygens (including phenoxy) is 1. The van der Waals surface area contributed by atoms with E-state index in [2.05, 4.69) is 11.1 Å². The molecular weight excluding hydrogens is 384 g/mol. The van der Waals surface area contributed by atoms with E-state index < -0.39 is 0 Å². The number of benzene rings is 3. The SMILES string of the molecule is CN(C)CC(=N)c1cc(-c2ccccc2OCc2ccnc3ccccc23)ccc1N. The molecule has 4 aromatic rings. The number of anilines is 1. The molecule has 0 aliphatic carbocycles. The molecule has 5 heteroatoms. The molecule has 4 rings (SSSR count). The fourth-order valence-electron chi connectivity index (χ4n) is 3.65. The van der Waals surface area contributed by atoms with Crippen LogP contribution in [0.15, 0.2) is 79.0 Å². The van der Waals surface area contributed by atoms with Gasteiger partial charge in [0.05, 0.1) is 11.2 Å². The van der Waals surface area contributed by atoms with Crippen molar-refractivity contribution in [3.05, 3.63) is 90.1 Å². The van der Waals surface area contributed by atoms with Gasteiger partial charge >= 0.3 is 0 Å². The molecule has 0 fully saturated rings. The molecule has 156 valence electrons. The number of nitrogens with two attached hydrogens (primary N) is 1. The molecule has 1 heterocycles. The zero-order valence-electron chi connectivity index (χ0n) is 17.8. The van der Waals surface area contributed by atoms with Crippen LogP contribution in [0, 0.1) is 5.41 Å². The molecule has 0 atom stereocenters. The number of nitrogens with one attached hydrogen (secondary N) is 1. The lowest BCUT2D eigenvalue weighted by atomic mass is 9.98. The van der Waals surface area contributed by atoms with Crippen molar-refractivity contribution in [1.82, 2.24) is 9.88 Å². The van der Waals surface area contributed by atoms with Gasteiger partial charge < -0.3 is 20.8 Å². The molecule has 1 aromatic heterocycles. The highest BCUT2D eigenvalue weighted by Gasteiger charge is 2.12. The zero-order valence-corrected chi connectivity index (χ0v) is 17.8. The number of nitrogen functional groups attached to an aromatic ring is 1. The van der Waals surface area contributed by atoms with E-state index >= 15 is 0 Å². The summed E-state index contributed by atoms with van der Waals surface area (Å²) in [5.41, 5.74) is 12.0. The van der Waals surface area contributed by atoms with Crippen molar-refractivity contribution in [2.75, 3.05) is 26.4 Å². The summed E-state index contributed by atoms with van der Waals surface area (Å²) >= 11 is 0. The minimum absolute atomic E-state index is 0.443. The molecule has 0 radical (unpaired) electrons. The molecule has 0 saturated carbocycles. The Morgan fingerprint density at radius 1 is 1.00 bits per heavy atom. The van der Waals surface area contributed by atoms with Crippen molar-refractivity contribution in [1.29, 1.82) is 5.41 Å². The standard InChI is InChI=1S/C26H26N4O/c1-30(2)16-24(28)22-15-18(11-12-23(22)27)21-8-4-6-10-26(21)31-17-19-13-14-29-25-9-5-3-7-20(19)25/h3-15,28H,16-17,27H2,1-2H3. The second-order valence-corrected chi connectivity index (χ2v) is 7.79. The molecule has 0 aliphatic heterocycles. The second-order valence-electron chi connectivity index (χ2n) is 7.79. The summed E-state index contributed by atoms with van der Waals surface area (Å²) in [7, 11) is 3.89. The van der Waals surface area contributed by atoms with E-state index in [1.807, 2.05) is 91.9 Å². The van der Waals surface area contributed by atoms with Crippen LogP contribution in [0.25, 0.3) is 22.0 Å². The fourth-order valence-corrected chi connectivity index (χ4v) is 3.65. The van der Waals surface area contributed by atoms with Gasteiger partial charge in [-0.15, -0.1) is 0 Å². The van der Waals surface area contributed by atoms with Crippen molar-refractivity contribution < 1.29 is 4.74 Å². The summed E-state index contributed by atoms with van der Waals surface area (Å²) in [5, 5.41) is 9.52. The Morgan fingerprint density at radius 3 is 2.61 bits per heavy atom. The van der Waals surface area contributed by atoms with Gasteiger partial charge in [0.1, 0.15) is 12.4 Å². The molecule has 0 saturated heterocycles. The molecule has 5 nitrogen and oxygen atoms in total. The van der Waals surface area contributed by atoms with Crippen molar-refractivity contribution in [3.63, 3.8) is 0 Å². The summed E-state index contributed by atoms with van der Waals surface area (Å²) < 4.78 is 6.26. The minimum Gasteiger partial charge on any atom is -0.488 e. The molecule has 31 heavy (non-hydrogen) atoms. The molecule has 0 spiro atoms. The molecule has 0 unspecified atom stereocenters. The molecule has 3 N–H and O–H groups in total. The fraction of sp³-hybridized carbons (Fsp3) is 0.154. The maximum absolute atomic E-state index is 8.43. The van der Waals surface area contributed by atoms with E-state index in [0.717, 1.165) is 38.9 Å². The Balaban J connectivity index is 1.64. The van der Waals surface area contributed by atoms with Crippen molar-refractivity contribution in [2.24, 2.45) is 0 Å². The monoisotopic (exact) mass is 410 g/mol. The zero-order chi connectivity index (χ0) is 21.8. The Kier molecular flexibility index (Phi) is 5.96. The van der Waals surface area contributed by atoms with E-state index in [-0.39, 0.29) is 0 Å². The third-order valence-corrected chi connectivity index (χ3v) is 5.17. The Bertz CT molecular complexity index is 1230. The number of aromatic nitrogens is 1. The maximum Gasteiger partial charge on any atom is 0.127 e. The highest BCUT2D eigenvalue weighted by molar-refractivity contribution is 6.05. The van der Waals surface area contributed by atoms with Gasteiger partial charge in [0.25, 0.3) is 0 Å². The van der Waals surface area contributed by atoms with Crippen molar-refractivity contribution in [3.8, 4) is 16.9 Å². The highest BCUT2D eigenvalue weighted by atomic mass is 16.5. The smallest absolute Gasteiger partial charge is 0.127 e. The number of likely N-dealkylation sites (N-methyl/N-ethyl adjacent to an activating group) is 1. The molecule has 0 aliphatic rings. The third kappa shape index (κ3) is 4.57. The number of pyridine rings is 1. The number of hydrogen-bond acceptors (Lipinski definition) is 5. The first kappa shape index (κ1) is 20.6. The Hall–Kier alpha value is -3.70. The third-order valence-electron chi connectivity index (χ3n) is 5.17. The Morgan fingerprint density at radius 2 is 1.77 bits per heavy atom. The van der Waals surface area contributed by atoms with Crippen LogP contribution in [-0.2, 0) is 6.61 Å². The van der Waals surface area contributed by atoms with Gasteiger partial charge in [0.2, 0.25) is 0 Å². The first-order valence-corrected chi connectivity index (χ1v) is 10.2. The number of hydrogen-bond donors (Lipinski definition) is 2.